The highest BCUT2D eigenvalue weighted by Crippen LogP contribution is 2.13. The van der Waals surface area contributed by atoms with Gasteiger partial charge in [0, 0.05) is 18.3 Å². The monoisotopic (exact) mass is 308 g/mol. The molecule has 0 saturated carbocycles. The van der Waals surface area contributed by atoms with Crippen LogP contribution in [-0.4, -0.2) is 23.5 Å². The molecule has 6 heteroatoms. The number of carbonyl (C=O) groups is 1. The van der Waals surface area contributed by atoms with Crippen molar-refractivity contribution in [2.45, 2.75) is 26.4 Å². The molecule has 0 unspecified atom stereocenters. The number of ether oxygens (including phenoxy) is 1. The topological polar surface area (TPSA) is 51.2 Å². The van der Waals surface area contributed by atoms with Crippen LogP contribution in [-0.2, 0) is 11.2 Å². The van der Waals surface area contributed by atoms with Gasteiger partial charge >= 0.3 is 0 Å². The maximum atomic E-state index is 12.8. The Morgan fingerprint density at radius 2 is 2.14 bits per heavy atom. The van der Waals surface area contributed by atoms with Gasteiger partial charge in [-0.25, -0.2) is 9.37 Å². The van der Waals surface area contributed by atoms with E-state index < -0.39 is 6.10 Å². The smallest absolute Gasteiger partial charge is 0.260 e. The van der Waals surface area contributed by atoms with Crippen LogP contribution in [0.1, 0.15) is 17.6 Å². The SMILES string of the molecule is Cc1nc(CCNC(=O)[C@@H](C)Oc2ccc(F)cc2)cs1. The molecule has 21 heavy (non-hydrogen) atoms. The molecule has 0 aliphatic heterocycles. The summed E-state index contributed by atoms with van der Waals surface area (Å²) in [6.07, 6.45) is 0.0620. The Hall–Kier alpha value is -1.95. The van der Waals surface area contributed by atoms with E-state index in [4.69, 9.17) is 4.74 Å². The lowest BCUT2D eigenvalue weighted by atomic mass is 10.3. The molecule has 1 N–H and O–H groups in total. The minimum absolute atomic E-state index is 0.203. The summed E-state index contributed by atoms with van der Waals surface area (Å²) in [7, 11) is 0. The third-order valence-corrected chi connectivity index (χ3v) is 3.66. The lowest BCUT2D eigenvalue weighted by molar-refractivity contribution is -0.127. The van der Waals surface area contributed by atoms with E-state index in [1.54, 1.807) is 18.3 Å². The molecule has 1 amide bonds. The Morgan fingerprint density at radius 1 is 1.43 bits per heavy atom. The Labute approximate surface area is 127 Å². The second kappa shape index (κ2) is 7.17. The maximum Gasteiger partial charge on any atom is 0.260 e. The molecule has 0 aliphatic rings. The van der Waals surface area contributed by atoms with Crippen molar-refractivity contribution in [2.24, 2.45) is 0 Å². The quantitative estimate of drug-likeness (QED) is 0.892. The highest BCUT2D eigenvalue weighted by Gasteiger charge is 2.14. The van der Waals surface area contributed by atoms with Crippen molar-refractivity contribution < 1.29 is 13.9 Å². The molecular formula is C15H17FN2O2S. The summed E-state index contributed by atoms with van der Waals surface area (Å²) in [6, 6.07) is 5.59. The minimum atomic E-state index is -0.632. The summed E-state index contributed by atoms with van der Waals surface area (Å²) in [5.74, 6) is -0.0709. The zero-order chi connectivity index (χ0) is 15.2. The summed E-state index contributed by atoms with van der Waals surface area (Å²) in [5, 5.41) is 5.80. The zero-order valence-corrected chi connectivity index (χ0v) is 12.7. The van der Waals surface area contributed by atoms with Crippen LogP contribution < -0.4 is 10.1 Å². The fourth-order valence-electron chi connectivity index (χ4n) is 1.75. The van der Waals surface area contributed by atoms with Gasteiger partial charge in [-0.15, -0.1) is 11.3 Å². The Morgan fingerprint density at radius 3 is 2.76 bits per heavy atom. The number of rotatable bonds is 6. The number of amides is 1. The van der Waals surface area contributed by atoms with Crippen molar-refractivity contribution in [1.82, 2.24) is 10.3 Å². The molecule has 2 aromatic rings. The van der Waals surface area contributed by atoms with Gasteiger partial charge in [-0.05, 0) is 38.1 Å². The van der Waals surface area contributed by atoms with E-state index in [1.807, 2.05) is 12.3 Å². The number of aryl methyl sites for hydroxylation is 1. The Balaban J connectivity index is 1.75. The number of carbonyl (C=O) groups excluding carboxylic acids is 1. The van der Waals surface area contributed by atoms with Gasteiger partial charge in [0.25, 0.3) is 5.91 Å². The maximum absolute atomic E-state index is 12.8. The first-order chi connectivity index (χ1) is 10.0. The third-order valence-electron chi connectivity index (χ3n) is 2.84. The van der Waals surface area contributed by atoms with Crippen LogP contribution in [0, 0.1) is 12.7 Å². The number of benzene rings is 1. The summed E-state index contributed by atoms with van der Waals surface area (Å²) < 4.78 is 18.2. The van der Waals surface area contributed by atoms with Crippen molar-refractivity contribution >= 4 is 17.2 Å². The van der Waals surface area contributed by atoms with Crippen molar-refractivity contribution in [3.8, 4) is 5.75 Å². The lowest BCUT2D eigenvalue weighted by Crippen LogP contribution is -2.37. The molecule has 4 nitrogen and oxygen atoms in total. The molecular weight excluding hydrogens is 291 g/mol. The highest BCUT2D eigenvalue weighted by atomic mass is 32.1. The first-order valence-corrected chi connectivity index (χ1v) is 7.53. The zero-order valence-electron chi connectivity index (χ0n) is 11.9. The largest absolute Gasteiger partial charge is 0.481 e. The van der Waals surface area contributed by atoms with Crippen LogP contribution in [0.25, 0.3) is 0 Å². The van der Waals surface area contributed by atoms with Crippen LogP contribution in [0.4, 0.5) is 4.39 Å². The predicted molar refractivity (Wildman–Crippen MR) is 80.1 cm³/mol. The number of nitrogens with zero attached hydrogens (tertiary/aromatic N) is 1. The molecule has 1 aromatic heterocycles. The van der Waals surface area contributed by atoms with Crippen molar-refractivity contribution in [1.29, 1.82) is 0 Å². The fraction of sp³-hybridized carbons (Fsp3) is 0.333. The van der Waals surface area contributed by atoms with Crippen molar-refractivity contribution in [3.05, 3.63) is 46.2 Å². The number of hydrogen-bond acceptors (Lipinski definition) is 4. The van der Waals surface area contributed by atoms with Gasteiger partial charge in [0.15, 0.2) is 6.10 Å². The normalized spacial score (nSPS) is 12.0. The first kappa shape index (κ1) is 15.4. The van der Waals surface area contributed by atoms with E-state index in [-0.39, 0.29) is 11.7 Å². The molecule has 0 fully saturated rings. The molecule has 1 heterocycles. The number of thiazole rings is 1. The standard InChI is InChI=1S/C15H17FN2O2S/c1-10(20-14-5-3-12(16)4-6-14)15(19)17-8-7-13-9-21-11(2)18-13/h3-6,9-10H,7-8H2,1-2H3,(H,17,19)/t10-/m1/s1. The summed E-state index contributed by atoms with van der Waals surface area (Å²) in [6.45, 7) is 4.12. The van der Waals surface area contributed by atoms with Gasteiger partial charge in [0.05, 0.1) is 10.7 Å². The van der Waals surface area contributed by atoms with E-state index in [0.717, 1.165) is 10.7 Å². The Kier molecular flexibility index (Phi) is 5.27. The Bertz CT molecular complexity index is 598. The third kappa shape index (κ3) is 4.82. The highest BCUT2D eigenvalue weighted by molar-refractivity contribution is 7.09. The first-order valence-electron chi connectivity index (χ1n) is 6.65. The number of halogens is 1. The second-order valence-corrected chi connectivity index (χ2v) is 5.68. The van der Waals surface area contributed by atoms with E-state index >= 15 is 0 Å². The molecule has 112 valence electrons. The van der Waals surface area contributed by atoms with Gasteiger partial charge in [-0.2, -0.15) is 0 Å². The molecule has 1 aromatic carbocycles. The van der Waals surface area contributed by atoms with Gasteiger partial charge in [-0.3, -0.25) is 4.79 Å². The molecule has 0 saturated heterocycles. The molecule has 2 rings (SSSR count). The van der Waals surface area contributed by atoms with Gasteiger partial charge in [0.1, 0.15) is 11.6 Å². The van der Waals surface area contributed by atoms with E-state index in [9.17, 15) is 9.18 Å². The average molecular weight is 308 g/mol. The summed E-state index contributed by atoms with van der Waals surface area (Å²) in [5.41, 5.74) is 0.977. The van der Waals surface area contributed by atoms with Crippen LogP contribution in [0.2, 0.25) is 0 Å². The number of nitrogens with one attached hydrogen (secondary N) is 1. The van der Waals surface area contributed by atoms with Gasteiger partial charge in [-0.1, -0.05) is 0 Å². The van der Waals surface area contributed by atoms with E-state index in [2.05, 4.69) is 10.3 Å². The molecule has 0 spiro atoms. The average Bonchev–Trinajstić information content (AvgIpc) is 2.87. The fourth-order valence-corrected chi connectivity index (χ4v) is 2.40. The summed E-state index contributed by atoms with van der Waals surface area (Å²) >= 11 is 1.59. The van der Waals surface area contributed by atoms with E-state index in [0.29, 0.717) is 18.7 Å². The second-order valence-electron chi connectivity index (χ2n) is 4.61. The molecule has 0 bridgehead atoms. The van der Waals surface area contributed by atoms with Crippen LogP contribution in [0.15, 0.2) is 29.6 Å². The van der Waals surface area contributed by atoms with Crippen LogP contribution in [0.5, 0.6) is 5.75 Å². The van der Waals surface area contributed by atoms with Gasteiger partial charge < -0.3 is 10.1 Å². The molecule has 1 atom stereocenters. The summed E-state index contributed by atoms with van der Waals surface area (Å²) in [4.78, 5) is 16.2. The minimum Gasteiger partial charge on any atom is -0.481 e. The van der Waals surface area contributed by atoms with Crippen LogP contribution >= 0.6 is 11.3 Å². The predicted octanol–water partition coefficient (Wildman–Crippen LogP) is 2.72. The van der Waals surface area contributed by atoms with Crippen molar-refractivity contribution in [3.63, 3.8) is 0 Å². The molecule has 0 aliphatic carbocycles. The van der Waals surface area contributed by atoms with E-state index in [1.165, 1.54) is 24.3 Å². The molecule has 0 radical (unpaired) electrons. The van der Waals surface area contributed by atoms with Crippen LogP contribution in [0.3, 0.4) is 0 Å². The lowest BCUT2D eigenvalue weighted by Gasteiger charge is -2.14. The number of hydrogen-bond donors (Lipinski definition) is 1. The van der Waals surface area contributed by atoms with Crippen molar-refractivity contribution in [2.75, 3.05) is 6.54 Å². The van der Waals surface area contributed by atoms with Gasteiger partial charge in [0.2, 0.25) is 0 Å². The number of aromatic nitrogens is 1.